The molecular weight excluding hydrogens is 484 g/mol. The maximum absolute atomic E-state index is 11.6. The molecule has 35 heavy (non-hydrogen) atoms. The van der Waals surface area contributed by atoms with Gasteiger partial charge in [0.05, 0.1) is 46.1 Å². The zero-order chi connectivity index (χ0) is 24.4. The van der Waals surface area contributed by atoms with Crippen LogP contribution in [0, 0.1) is 5.92 Å². The molecule has 0 spiro atoms. The Hall–Kier alpha value is -2.75. The highest BCUT2D eigenvalue weighted by atomic mass is 35.5. The van der Waals surface area contributed by atoms with Crippen LogP contribution in [0.2, 0.25) is 5.02 Å². The third-order valence-electron chi connectivity index (χ3n) is 6.51. The highest BCUT2D eigenvalue weighted by Crippen LogP contribution is 2.30. The molecule has 3 aromatic rings. The summed E-state index contributed by atoms with van der Waals surface area (Å²) < 4.78 is 5.29. The Balaban J connectivity index is 1.20. The average Bonchev–Trinajstić information content (AvgIpc) is 3.35. The van der Waals surface area contributed by atoms with Gasteiger partial charge in [-0.25, -0.2) is 9.97 Å². The number of likely N-dealkylation sites (tertiary alicyclic amines) is 1. The molecule has 1 atom stereocenters. The summed E-state index contributed by atoms with van der Waals surface area (Å²) in [6.07, 6.45) is 3.58. The number of hydrogen-bond donors (Lipinski definition) is 1. The molecule has 182 valence electrons. The first-order valence-corrected chi connectivity index (χ1v) is 13.0. The molecule has 0 aliphatic carbocycles. The van der Waals surface area contributed by atoms with Crippen molar-refractivity contribution >= 4 is 51.8 Å². The number of rotatable bonds is 7. The molecule has 5 rings (SSSR count). The first-order valence-electron chi connectivity index (χ1n) is 11.6. The molecule has 2 aliphatic heterocycles. The summed E-state index contributed by atoms with van der Waals surface area (Å²) in [6.45, 7) is 5.51. The highest BCUT2D eigenvalue weighted by Gasteiger charge is 2.25. The van der Waals surface area contributed by atoms with E-state index in [0.29, 0.717) is 34.9 Å². The lowest BCUT2D eigenvalue weighted by Gasteiger charge is -2.17. The second-order valence-electron chi connectivity index (χ2n) is 8.79. The zero-order valence-corrected chi connectivity index (χ0v) is 21.3. The monoisotopic (exact) mass is 510 g/mol. The molecule has 0 saturated carbocycles. The number of aliphatic imine (C=N–C) groups is 1. The summed E-state index contributed by atoms with van der Waals surface area (Å²) >= 11 is 8.02. The van der Waals surface area contributed by atoms with Gasteiger partial charge in [0.15, 0.2) is 0 Å². The van der Waals surface area contributed by atoms with Crippen molar-refractivity contribution in [3.63, 3.8) is 0 Å². The number of carbonyl (C=O) groups excluding carboxylic acids is 1. The summed E-state index contributed by atoms with van der Waals surface area (Å²) in [5, 5.41) is 3.48. The maximum Gasteiger partial charge on any atom is 0.235 e. The van der Waals surface area contributed by atoms with Crippen LogP contribution in [0.15, 0.2) is 40.4 Å². The predicted octanol–water partition coefficient (Wildman–Crippen LogP) is 4.26. The number of hydrogen-bond acceptors (Lipinski definition) is 8. The van der Waals surface area contributed by atoms with Crippen molar-refractivity contribution in [2.24, 2.45) is 10.9 Å². The van der Waals surface area contributed by atoms with E-state index in [1.165, 1.54) is 11.8 Å². The van der Waals surface area contributed by atoms with E-state index in [0.717, 1.165) is 65.4 Å². The van der Waals surface area contributed by atoms with Crippen molar-refractivity contribution in [2.75, 3.05) is 37.8 Å². The SMILES string of the molecule is COc1ccc2ncc(Cl)c(CCN3CC[C@@H](C(C)=NCc4ccc5c(n4)NC(=O)CS5)C3)c2n1. The summed E-state index contributed by atoms with van der Waals surface area (Å²) in [4.78, 5) is 33.5. The number of amides is 1. The van der Waals surface area contributed by atoms with E-state index in [1.54, 1.807) is 13.3 Å². The fraction of sp³-hybridized carbons (Fsp3) is 0.400. The van der Waals surface area contributed by atoms with Crippen molar-refractivity contribution in [1.29, 1.82) is 0 Å². The first kappa shape index (κ1) is 24.0. The quantitative estimate of drug-likeness (QED) is 0.475. The number of aromatic nitrogens is 3. The number of methoxy groups -OCH3 is 1. The molecule has 0 aromatic carbocycles. The molecule has 3 aromatic heterocycles. The van der Waals surface area contributed by atoms with Gasteiger partial charge in [0.1, 0.15) is 5.82 Å². The lowest BCUT2D eigenvalue weighted by molar-refractivity contribution is -0.113. The molecule has 2 aliphatic rings. The third kappa shape index (κ3) is 5.42. The van der Waals surface area contributed by atoms with Crippen LogP contribution in [0.3, 0.4) is 0 Å². The molecule has 1 fully saturated rings. The lowest BCUT2D eigenvalue weighted by Crippen LogP contribution is -2.25. The zero-order valence-electron chi connectivity index (χ0n) is 19.8. The van der Waals surface area contributed by atoms with E-state index in [4.69, 9.17) is 21.3 Å². The fourth-order valence-electron chi connectivity index (χ4n) is 4.50. The smallest absolute Gasteiger partial charge is 0.235 e. The Kier molecular flexibility index (Phi) is 7.17. The molecule has 8 nitrogen and oxygen atoms in total. The molecule has 1 N–H and O–H groups in total. The van der Waals surface area contributed by atoms with Crippen molar-refractivity contribution < 1.29 is 9.53 Å². The minimum Gasteiger partial charge on any atom is -0.481 e. The van der Waals surface area contributed by atoms with Gasteiger partial charge in [-0.3, -0.25) is 14.8 Å². The van der Waals surface area contributed by atoms with E-state index in [-0.39, 0.29) is 5.91 Å². The van der Waals surface area contributed by atoms with Gasteiger partial charge in [0.25, 0.3) is 0 Å². The van der Waals surface area contributed by atoms with Gasteiger partial charge in [-0.2, -0.15) is 0 Å². The van der Waals surface area contributed by atoms with Crippen LogP contribution in [0.4, 0.5) is 5.82 Å². The van der Waals surface area contributed by atoms with E-state index in [2.05, 4.69) is 32.1 Å². The van der Waals surface area contributed by atoms with Crippen LogP contribution in [0.25, 0.3) is 11.0 Å². The number of thioether (sulfide) groups is 1. The summed E-state index contributed by atoms with van der Waals surface area (Å²) in [5.41, 5.74) is 4.64. The van der Waals surface area contributed by atoms with Crippen molar-refractivity contribution in [3.8, 4) is 5.88 Å². The molecule has 1 saturated heterocycles. The summed E-state index contributed by atoms with van der Waals surface area (Å²) in [5.74, 6) is 2.07. The Bertz CT molecular complexity index is 1300. The van der Waals surface area contributed by atoms with Crippen LogP contribution in [0.1, 0.15) is 24.6 Å². The number of ether oxygens (including phenoxy) is 1. The van der Waals surface area contributed by atoms with Crippen LogP contribution < -0.4 is 10.1 Å². The van der Waals surface area contributed by atoms with Crippen LogP contribution in [-0.2, 0) is 17.8 Å². The number of anilines is 1. The van der Waals surface area contributed by atoms with Gasteiger partial charge < -0.3 is 15.0 Å². The largest absolute Gasteiger partial charge is 0.481 e. The minimum atomic E-state index is -0.00570. The molecule has 5 heterocycles. The fourth-order valence-corrected chi connectivity index (χ4v) is 5.49. The van der Waals surface area contributed by atoms with Gasteiger partial charge in [-0.1, -0.05) is 11.6 Å². The molecule has 0 bridgehead atoms. The van der Waals surface area contributed by atoms with Crippen LogP contribution in [0.5, 0.6) is 5.88 Å². The summed E-state index contributed by atoms with van der Waals surface area (Å²) in [7, 11) is 1.61. The summed E-state index contributed by atoms with van der Waals surface area (Å²) in [6, 6.07) is 7.74. The van der Waals surface area contributed by atoms with Crippen LogP contribution in [-0.4, -0.2) is 64.0 Å². The normalized spacial score (nSPS) is 18.5. The highest BCUT2D eigenvalue weighted by molar-refractivity contribution is 8.00. The number of nitrogens with zero attached hydrogens (tertiary/aromatic N) is 5. The second kappa shape index (κ2) is 10.5. The van der Waals surface area contributed by atoms with Crippen molar-refractivity contribution in [3.05, 3.63) is 46.7 Å². The van der Waals surface area contributed by atoms with Gasteiger partial charge in [-0.15, -0.1) is 11.8 Å². The molecule has 1 amide bonds. The lowest BCUT2D eigenvalue weighted by atomic mass is 10.0. The minimum absolute atomic E-state index is 0.00570. The van der Waals surface area contributed by atoms with Gasteiger partial charge in [-0.05, 0) is 44.5 Å². The number of carbonyl (C=O) groups is 1. The van der Waals surface area contributed by atoms with Crippen molar-refractivity contribution in [1.82, 2.24) is 19.9 Å². The van der Waals surface area contributed by atoms with E-state index in [9.17, 15) is 4.79 Å². The maximum atomic E-state index is 11.6. The molecule has 0 unspecified atom stereocenters. The number of halogens is 1. The average molecular weight is 511 g/mol. The van der Waals surface area contributed by atoms with E-state index in [1.807, 2.05) is 24.3 Å². The van der Waals surface area contributed by atoms with E-state index < -0.39 is 0 Å². The Morgan fingerprint density at radius 3 is 3.06 bits per heavy atom. The predicted molar refractivity (Wildman–Crippen MR) is 140 cm³/mol. The Labute approximate surface area is 213 Å². The number of fused-ring (bicyclic) bond motifs is 2. The molecule has 0 radical (unpaired) electrons. The Morgan fingerprint density at radius 1 is 1.31 bits per heavy atom. The van der Waals surface area contributed by atoms with Crippen LogP contribution >= 0.6 is 23.4 Å². The molecular formula is C25H27ClN6O2S. The van der Waals surface area contributed by atoms with Crippen molar-refractivity contribution in [2.45, 2.75) is 31.2 Å². The number of pyridine rings is 3. The third-order valence-corrected chi connectivity index (χ3v) is 7.89. The van der Waals surface area contributed by atoms with Gasteiger partial charge in [0.2, 0.25) is 11.8 Å². The molecule has 10 heteroatoms. The topological polar surface area (TPSA) is 92.6 Å². The number of nitrogens with one attached hydrogen (secondary N) is 1. The Morgan fingerprint density at radius 2 is 2.20 bits per heavy atom. The van der Waals surface area contributed by atoms with Gasteiger partial charge in [0, 0.05) is 42.5 Å². The first-order chi connectivity index (χ1) is 17.0. The second-order valence-corrected chi connectivity index (χ2v) is 10.2. The van der Waals surface area contributed by atoms with Gasteiger partial charge >= 0.3 is 0 Å². The standard InChI is InChI=1S/C25H27ClN6O2S/c1-15(27-11-17-3-5-21-25(29-17)30-22(33)14-35-21)16-7-9-32(13-16)10-8-18-19(26)12-28-20-4-6-23(34-2)31-24(18)20/h3-6,12,16H,7-11,13-14H2,1-2H3,(H,29,30,33)/t16-/m1/s1. The van der Waals surface area contributed by atoms with E-state index >= 15 is 0 Å².